The summed E-state index contributed by atoms with van der Waals surface area (Å²) in [5.41, 5.74) is 3.00. The molecule has 0 N–H and O–H groups in total. The van der Waals surface area contributed by atoms with Crippen LogP contribution in [-0.4, -0.2) is 43.0 Å². The number of fused-ring (bicyclic) bond motifs is 1. The Kier molecular flexibility index (Phi) is 4.26. The molecule has 3 aromatic rings. The Labute approximate surface area is 153 Å². The number of nitrogens with zero attached hydrogens (tertiary/aromatic N) is 5. The third-order valence-corrected chi connectivity index (χ3v) is 5.31. The Morgan fingerprint density at radius 2 is 2.04 bits per heavy atom. The lowest BCUT2D eigenvalue weighted by atomic mass is 9.97. The van der Waals surface area contributed by atoms with Gasteiger partial charge in [-0.2, -0.15) is 0 Å². The number of amides is 1. The van der Waals surface area contributed by atoms with Crippen LogP contribution >= 0.6 is 0 Å². The van der Waals surface area contributed by atoms with Crippen LogP contribution in [0.25, 0.3) is 11.0 Å². The molecule has 136 valence electrons. The summed E-state index contributed by atoms with van der Waals surface area (Å²) < 4.78 is 4.12. The quantitative estimate of drug-likeness (QED) is 0.729. The smallest absolute Gasteiger partial charge is 0.242 e. The number of para-hydroxylation sites is 2. The van der Waals surface area contributed by atoms with Gasteiger partial charge >= 0.3 is 0 Å². The van der Waals surface area contributed by atoms with Crippen LogP contribution in [0.2, 0.25) is 0 Å². The van der Waals surface area contributed by atoms with E-state index in [1.807, 2.05) is 54.6 Å². The largest absolute Gasteiger partial charge is 0.340 e. The Morgan fingerprint density at radius 3 is 2.81 bits per heavy atom. The predicted molar refractivity (Wildman–Crippen MR) is 101 cm³/mol. The summed E-state index contributed by atoms with van der Waals surface area (Å²) in [6, 6.07) is 7.98. The van der Waals surface area contributed by atoms with Gasteiger partial charge in [0.15, 0.2) is 0 Å². The summed E-state index contributed by atoms with van der Waals surface area (Å²) in [7, 11) is 2.04. The number of carbonyl (C=O) groups excluding carboxylic acids is 1. The molecule has 1 saturated heterocycles. The topological polar surface area (TPSA) is 56.0 Å². The molecule has 1 fully saturated rings. The van der Waals surface area contributed by atoms with Crippen molar-refractivity contribution in [3.8, 4) is 0 Å². The molecule has 1 aliphatic heterocycles. The van der Waals surface area contributed by atoms with Crippen LogP contribution < -0.4 is 0 Å². The highest BCUT2D eigenvalue weighted by atomic mass is 16.2. The number of rotatable bonds is 3. The Balaban J connectivity index is 1.52. The summed E-state index contributed by atoms with van der Waals surface area (Å²) in [6.07, 6.45) is 4.16. The minimum atomic E-state index is 0.159. The molecule has 26 heavy (non-hydrogen) atoms. The molecule has 1 atom stereocenters. The van der Waals surface area contributed by atoms with Gasteiger partial charge in [-0.1, -0.05) is 12.1 Å². The van der Waals surface area contributed by atoms with Crippen LogP contribution in [0.1, 0.15) is 36.1 Å². The van der Waals surface area contributed by atoms with E-state index >= 15 is 0 Å². The molecular weight excluding hydrogens is 326 g/mol. The zero-order chi connectivity index (χ0) is 18.3. The number of benzene rings is 1. The van der Waals surface area contributed by atoms with Crippen molar-refractivity contribution in [2.45, 2.75) is 39.2 Å². The number of likely N-dealkylation sites (tertiary alicyclic amines) is 1. The fraction of sp³-hybridized carbons (Fsp3) is 0.450. The molecule has 0 spiro atoms. The van der Waals surface area contributed by atoms with Gasteiger partial charge in [0.2, 0.25) is 5.91 Å². The van der Waals surface area contributed by atoms with Gasteiger partial charge in [0.1, 0.15) is 18.2 Å². The van der Waals surface area contributed by atoms with Gasteiger partial charge in [-0.15, -0.1) is 0 Å². The van der Waals surface area contributed by atoms with Gasteiger partial charge in [-0.25, -0.2) is 9.97 Å². The van der Waals surface area contributed by atoms with Crippen LogP contribution in [0.5, 0.6) is 0 Å². The molecule has 0 radical (unpaired) electrons. The molecule has 6 nitrogen and oxygen atoms in total. The first-order valence-electron chi connectivity index (χ1n) is 9.22. The van der Waals surface area contributed by atoms with Crippen LogP contribution in [0.3, 0.4) is 0 Å². The third kappa shape index (κ3) is 3.00. The number of carbonyl (C=O) groups is 1. The zero-order valence-corrected chi connectivity index (χ0v) is 15.6. The summed E-state index contributed by atoms with van der Waals surface area (Å²) >= 11 is 0. The molecule has 1 amide bonds. The minimum Gasteiger partial charge on any atom is -0.340 e. The van der Waals surface area contributed by atoms with Crippen molar-refractivity contribution in [3.63, 3.8) is 0 Å². The molecule has 1 aliphatic rings. The van der Waals surface area contributed by atoms with Gasteiger partial charge in [-0.3, -0.25) is 4.79 Å². The predicted octanol–water partition coefficient (Wildman–Crippen LogP) is 2.79. The van der Waals surface area contributed by atoms with Crippen molar-refractivity contribution in [1.29, 1.82) is 0 Å². The number of piperidine rings is 1. The highest BCUT2D eigenvalue weighted by Gasteiger charge is 2.27. The fourth-order valence-electron chi connectivity index (χ4n) is 4.06. The Bertz CT molecular complexity index is 954. The molecule has 1 aromatic carbocycles. The summed E-state index contributed by atoms with van der Waals surface area (Å²) in [5.74, 6) is 2.44. The molecule has 3 heterocycles. The second-order valence-corrected chi connectivity index (χ2v) is 7.26. The third-order valence-electron chi connectivity index (χ3n) is 5.31. The molecular formula is C20H25N5O. The van der Waals surface area contributed by atoms with Crippen molar-refractivity contribution < 1.29 is 4.79 Å². The van der Waals surface area contributed by atoms with E-state index in [1.54, 1.807) is 0 Å². The fourth-order valence-corrected chi connectivity index (χ4v) is 4.06. The van der Waals surface area contributed by atoms with Gasteiger partial charge in [0.05, 0.1) is 16.7 Å². The first-order valence-corrected chi connectivity index (χ1v) is 9.22. The monoisotopic (exact) mass is 351 g/mol. The molecule has 0 bridgehead atoms. The lowest BCUT2D eigenvalue weighted by Gasteiger charge is -2.32. The number of aryl methyl sites for hydroxylation is 3. The standard InChI is InChI=1S/C20H25N5O/c1-14-11-23(3)20(21-14)16-7-6-10-24(12-16)19(26)13-25-15(2)22-17-8-4-5-9-18(17)25/h4-5,8-9,11,16H,6-7,10,12-13H2,1-3H3. The van der Waals surface area contributed by atoms with E-state index in [1.165, 1.54) is 0 Å². The molecule has 6 heteroatoms. The SMILES string of the molecule is Cc1cn(C)c(C2CCCN(C(=O)Cn3c(C)nc4ccccc43)C2)n1. The van der Waals surface area contributed by atoms with Crippen molar-refractivity contribution in [2.24, 2.45) is 7.05 Å². The van der Waals surface area contributed by atoms with E-state index in [0.717, 1.165) is 54.3 Å². The van der Waals surface area contributed by atoms with E-state index in [4.69, 9.17) is 0 Å². The van der Waals surface area contributed by atoms with Gasteiger partial charge in [-0.05, 0) is 38.8 Å². The average molecular weight is 351 g/mol. The van der Waals surface area contributed by atoms with Crippen LogP contribution in [0.15, 0.2) is 30.5 Å². The Morgan fingerprint density at radius 1 is 1.23 bits per heavy atom. The second-order valence-electron chi connectivity index (χ2n) is 7.26. The highest BCUT2D eigenvalue weighted by molar-refractivity contribution is 5.81. The van der Waals surface area contributed by atoms with Crippen LogP contribution in [-0.2, 0) is 18.4 Å². The lowest BCUT2D eigenvalue weighted by Crippen LogP contribution is -2.41. The van der Waals surface area contributed by atoms with Crippen LogP contribution in [0.4, 0.5) is 0 Å². The molecule has 0 aliphatic carbocycles. The lowest BCUT2D eigenvalue weighted by molar-refractivity contribution is -0.133. The number of aromatic nitrogens is 4. The van der Waals surface area contributed by atoms with Gasteiger partial charge in [0, 0.05) is 32.3 Å². The zero-order valence-electron chi connectivity index (χ0n) is 15.6. The molecule has 1 unspecified atom stereocenters. The number of hydrogen-bond donors (Lipinski definition) is 0. The first kappa shape index (κ1) is 16.8. The van der Waals surface area contributed by atoms with E-state index < -0.39 is 0 Å². The summed E-state index contributed by atoms with van der Waals surface area (Å²) in [6.45, 7) is 5.89. The average Bonchev–Trinajstić information content (AvgIpc) is 3.14. The normalized spacial score (nSPS) is 17.8. The van der Waals surface area contributed by atoms with Crippen LogP contribution in [0, 0.1) is 13.8 Å². The van der Waals surface area contributed by atoms with E-state index in [0.29, 0.717) is 12.5 Å². The van der Waals surface area contributed by atoms with E-state index in [9.17, 15) is 4.79 Å². The number of imidazole rings is 2. The molecule has 0 saturated carbocycles. The van der Waals surface area contributed by atoms with Crippen molar-refractivity contribution in [3.05, 3.63) is 47.8 Å². The van der Waals surface area contributed by atoms with Crippen molar-refractivity contribution in [2.75, 3.05) is 13.1 Å². The summed E-state index contributed by atoms with van der Waals surface area (Å²) in [4.78, 5) is 24.2. The van der Waals surface area contributed by atoms with E-state index in [-0.39, 0.29) is 5.91 Å². The summed E-state index contributed by atoms with van der Waals surface area (Å²) in [5, 5.41) is 0. The van der Waals surface area contributed by atoms with Gasteiger partial charge < -0.3 is 14.0 Å². The van der Waals surface area contributed by atoms with Gasteiger partial charge in [0.25, 0.3) is 0 Å². The number of hydrogen-bond acceptors (Lipinski definition) is 3. The van der Waals surface area contributed by atoms with Crippen molar-refractivity contribution >= 4 is 16.9 Å². The maximum atomic E-state index is 13.0. The minimum absolute atomic E-state index is 0.159. The maximum Gasteiger partial charge on any atom is 0.242 e. The maximum absolute atomic E-state index is 13.0. The molecule has 4 rings (SSSR count). The highest BCUT2D eigenvalue weighted by Crippen LogP contribution is 2.26. The molecule has 2 aromatic heterocycles. The second kappa shape index (κ2) is 6.59. The Hall–Kier alpha value is -2.63. The van der Waals surface area contributed by atoms with Crippen molar-refractivity contribution in [1.82, 2.24) is 24.0 Å². The van der Waals surface area contributed by atoms with E-state index in [2.05, 4.69) is 20.7 Å². The first-order chi connectivity index (χ1) is 12.5.